The summed E-state index contributed by atoms with van der Waals surface area (Å²) in [5.74, 6) is -1.48. The van der Waals surface area contributed by atoms with Gasteiger partial charge in [-0.2, -0.15) is 0 Å². The number of hydrogen-bond donors (Lipinski definition) is 0. The number of Topliss-reactive ketones (excluding diaryl/α,β-unsaturated/α-hetero) is 1. The summed E-state index contributed by atoms with van der Waals surface area (Å²) in [5.41, 5.74) is 3.76. The van der Waals surface area contributed by atoms with Gasteiger partial charge in [0.15, 0.2) is 17.4 Å². The van der Waals surface area contributed by atoms with Crippen LogP contribution in [0.4, 0.5) is 8.78 Å². The first kappa shape index (κ1) is 17.2. The Morgan fingerprint density at radius 1 is 1.00 bits per heavy atom. The number of fused-ring (bicyclic) bond motifs is 1. The normalized spacial score (nSPS) is 16.6. The van der Waals surface area contributed by atoms with Crippen molar-refractivity contribution in [3.63, 3.8) is 0 Å². The van der Waals surface area contributed by atoms with Gasteiger partial charge in [0.05, 0.1) is 5.69 Å². The van der Waals surface area contributed by atoms with E-state index in [9.17, 15) is 13.6 Å². The molecule has 0 spiro atoms. The van der Waals surface area contributed by atoms with Gasteiger partial charge in [-0.25, -0.2) is 8.78 Å². The molecular weight excluding hydrogens is 400 g/mol. The average Bonchev–Trinajstić information content (AvgIpc) is 2.98. The zero-order valence-corrected chi connectivity index (χ0v) is 15.7. The molecule has 2 aromatic carbocycles. The van der Waals surface area contributed by atoms with E-state index >= 15 is 0 Å². The first-order valence-corrected chi connectivity index (χ1v) is 9.22. The van der Waals surface area contributed by atoms with Crippen molar-refractivity contribution >= 4 is 21.7 Å². The summed E-state index contributed by atoms with van der Waals surface area (Å²) in [7, 11) is 0. The van der Waals surface area contributed by atoms with Crippen LogP contribution < -0.4 is 0 Å². The summed E-state index contributed by atoms with van der Waals surface area (Å²) in [6.45, 7) is 2.03. The van der Waals surface area contributed by atoms with Gasteiger partial charge in [-0.15, -0.1) is 0 Å². The van der Waals surface area contributed by atoms with Crippen molar-refractivity contribution in [2.75, 3.05) is 0 Å². The molecule has 0 bridgehead atoms. The zero-order valence-electron chi connectivity index (χ0n) is 14.1. The van der Waals surface area contributed by atoms with Crippen molar-refractivity contribution in [3.8, 4) is 16.9 Å². The van der Waals surface area contributed by atoms with Crippen LogP contribution in [0.1, 0.15) is 29.4 Å². The molecule has 1 atom stereocenters. The lowest BCUT2D eigenvalue weighted by Crippen LogP contribution is -2.19. The molecule has 1 aliphatic rings. The van der Waals surface area contributed by atoms with Crippen molar-refractivity contribution in [2.45, 2.75) is 19.8 Å². The monoisotopic (exact) mass is 415 g/mol. The van der Waals surface area contributed by atoms with Crippen molar-refractivity contribution in [1.82, 2.24) is 4.57 Å². The number of carbonyl (C=O) groups is 1. The summed E-state index contributed by atoms with van der Waals surface area (Å²) in [6.07, 6.45) is 1.23. The molecular formula is C21H16BrF2NO. The molecule has 0 unspecified atom stereocenters. The van der Waals surface area contributed by atoms with Crippen LogP contribution >= 0.6 is 15.9 Å². The van der Waals surface area contributed by atoms with E-state index in [0.717, 1.165) is 33.9 Å². The Balaban J connectivity index is 1.99. The molecule has 1 aliphatic carbocycles. The van der Waals surface area contributed by atoms with Gasteiger partial charge in [0.2, 0.25) is 0 Å². The van der Waals surface area contributed by atoms with E-state index in [0.29, 0.717) is 17.7 Å². The second kappa shape index (κ2) is 6.47. The lowest BCUT2D eigenvalue weighted by Gasteiger charge is -2.21. The highest BCUT2D eigenvalue weighted by Gasteiger charge is 2.28. The quantitative estimate of drug-likeness (QED) is 0.506. The number of nitrogens with zero attached hydrogens (tertiary/aromatic N) is 1. The van der Waals surface area contributed by atoms with E-state index in [1.165, 1.54) is 6.07 Å². The lowest BCUT2D eigenvalue weighted by molar-refractivity contribution is 0.0952. The van der Waals surface area contributed by atoms with Crippen LogP contribution in [0.25, 0.3) is 16.9 Å². The second-order valence-corrected chi connectivity index (χ2v) is 7.68. The first-order chi connectivity index (χ1) is 12.4. The van der Waals surface area contributed by atoms with E-state index < -0.39 is 11.6 Å². The van der Waals surface area contributed by atoms with Crippen molar-refractivity contribution < 1.29 is 13.6 Å². The minimum absolute atomic E-state index is 0.0958. The molecule has 5 heteroatoms. The minimum atomic E-state index is -0.901. The molecule has 0 saturated carbocycles. The van der Waals surface area contributed by atoms with E-state index in [2.05, 4.69) is 15.9 Å². The fraction of sp³-hybridized carbons (Fsp3) is 0.190. The summed E-state index contributed by atoms with van der Waals surface area (Å²) in [6, 6.07) is 13.4. The zero-order chi connectivity index (χ0) is 18.4. The molecule has 26 heavy (non-hydrogen) atoms. The molecule has 4 rings (SSSR count). The lowest BCUT2D eigenvalue weighted by atomic mass is 9.88. The van der Waals surface area contributed by atoms with Crippen LogP contribution in [-0.4, -0.2) is 10.4 Å². The molecule has 0 aliphatic heterocycles. The van der Waals surface area contributed by atoms with E-state index in [1.54, 1.807) is 6.07 Å². The van der Waals surface area contributed by atoms with Gasteiger partial charge in [0, 0.05) is 33.9 Å². The highest BCUT2D eigenvalue weighted by atomic mass is 79.9. The highest BCUT2D eigenvalue weighted by molar-refractivity contribution is 9.10. The third kappa shape index (κ3) is 2.90. The molecule has 0 radical (unpaired) electrons. The predicted octanol–water partition coefficient (Wildman–Crippen LogP) is 5.95. The predicted molar refractivity (Wildman–Crippen MR) is 101 cm³/mol. The van der Waals surface area contributed by atoms with Crippen LogP contribution in [0.15, 0.2) is 53.0 Å². The summed E-state index contributed by atoms with van der Waals surface area (Å²) < 4.78 is 30.1. The van der Waals surface area contributed by atoms with E-state index in [4.69, 9.17) is 0 Å². The fourth-order valence-corrected chi connectivity index (χ4v) is 3.84. The average molecular weight is 416 g/mol. The smallest absolute Gasteiger partial charge is 0.164 e. The fourth-order valence-electron chi connectivity index (χ4n) is 3.57. The Kier molecular flexibility index (Phi) is 4.27. The van der Waals surface area contributed by atoms with E-state index in [-0.39, 0.29) is 11.7 Å². The molecule has 0 fully saturated rings. The van der Waals surface area contributed by atoms with Crippen molar-refractivity contribution in [2.24, 2.45) is 5.92 Å². The molecule has 0 N–H and O–H groups in total. The Labute approximate surface area is 158 Å². The van der Waals surface area contributed by atoms with Gasteiger partial charge in [-0.1, -0.05) is 35.0 Å². The van der Waals surface area contributed by atoms with E-state index in [1.807, 2.05) is 41.8 Å². The van der Waals surface area contributed by atoms with Crippen LogP contribution in [0.2, 0.25) is 0 Å². The van der Waals surface area contributed by atoms with Gasteiger partial charge < -0.3 is 4.57 Å². The highest BCUT2D eigenvalue weighted by Crippen LogP contribution is 2.36. The summed E-state index contributed by atoms with van der Waals surface area (Å²) >= 11 is 3.42. The van der Waals surface area contributed by atoms with Crippen LogP contribution in [0.3, 0.4) is 0 Å². The maximum absolute atomic E-state index is 13.9. The maximum atomic E-state index is 13.9. The van der Waals surface area contributed by atoms with Crippen LogP contribution in [-0.2, 0) is 6.42 Å². The number of aromatic nitrogens is 1. The third-order valence-corrected chi connectivity index (χ3v) is 5.31. The van der Waals surface area contributed by atoms with Crippen molar-refractivity contribution in [1.29, 1.82) is 0 Å². The Morgan fingerprint density at radius 2 is 1.73 bits per heavy atom. The number of benzene rings is 2. The van der Waals surface area contributed by atoms with Crippen LogP contribution in [0, 0.1) is 17.6 Å². The Bertz CT molecular complexity index is 1010. The summed E-state index contributed by atoms with van der Waals surface area (Å²) in [4.78, 5) is 12.5. The topological polar surface area (TPSA) is 22.0 Å². The molecule has 132 valence electrons. The van der Waals surface area contributed by atoms with Gasteiger partial charge in [0.25, 0.3) is 0 Å². The molecule has 1 aromatic heterocycles. The number of halogens is 3. The summed E-state index contributed by atoms with van der Waals surface area (Å²) in [5, 5.41) is 0. The standard InChI is InChI=1S/C21H16BrF2NO/c1-12-8-20-16(21(26)9-12)11-19(13-2-4-14(22)5-3-13)25(20)15-6-7-17(23)18(24)10-15/h2-7,10-12H,8-9H2,1H3/t12-/m1/s1. The third-order valence-electron chi connectivity index (χ3n) is 4.78. The minimum Gasteiger partial charge on any atom is -0.313 e. The SMILES string of the molecule is C[C@H]1CC(=O)c2cc(-c3ccc(Br)cc3)n(-c3ccc(F)c(F)c3)c2C1. The number of hydrogen-bond acceptors (Lipinski definition) is 1. The molecule has 1 heterocycles. The first-order valence-electron chi connectivity index (χ1n) is 8.43. The number of rotatable bonds is 2. The largest absolute Gasteiger partial charge is 0.313 e. The van der Waals surface area contributed by atoms with Gasteiger partial charge >= 0.3 is 0 Å². The molecule has 2 nitrogen and oxygen atoms in total. The Morgan fingerprint density at radius 3 is 2.42 bits per heavy atom. The maximum Gasteiger partial charge on any atom is 0.164 e. The van der Waals surface area contributed by atoms with Crippen LogP contribution in [0.5, 0.6) is 0 Å². The van der Waals surface area contributed by atoms with Gasteiger partial charge in [-0.05, 0) is 48.2 Å². The number of ketones is 1. The van der Waals surface area contributed by atoms with Gasteiger partial charge in [-0.3, -0.25) is 4.79 Å². The Hall–Kier alpha value is -2.27. The van der Waals surface area contributed by atoms with Crippen molar-refractivity contribution in [3.05, 3.63) is 75.9 Å². The number of carbonyl (C=O) groups excluding carboxylic acids is 1. The molecule has 0 saturated heterocycles. The molecule has 0 amide bonds. The molecule has 3 aromatic rings. The second-order valence-electron chi connectivity index (χ2n) is 6.77. The van der Waals surface area contributed by atoms with Gasteiger partial charge in [0.1, 0.15) is 0 Å².